The van der Waals surface area contributed by atoms with Crippen molar-refractivity contribution >= 4 is 34.2 Å². The van der Waals surface area contributed by atoms with E-state index in [1.54, 1.807) is 0 Å². The van der Waals surface area contributed by atoms with Crippen molar-refractivity contribution in [1.82, 2.24) is 15.0 Å². The Morgan fingerprint density at radius 1 is 0.733 bits per heavy atom. The highest BCUT2D eigenvalue weighted by molar-refractivity contribution is 5.86. The monoisotopic (exact) mass is 393 g/mol. The van der Waals surface area contributed by atoms with Crippen LogP contribution in [0, 0.1) is 6.92 Å². The van der Waals surface area contributed by atoms with Crippen molar-refractivity contribution in [3.05, 3.63) is 90.5 Å². The van der Waals surface area contributed by atoms with Crippen LogP contribution < -0.4 is 10.6 Å². The second kappa shape index (κ2) is 7.33. The van der Waals surface area contributed by atoms with Gasteiger partial charge in [-0.2, -0.15) is 15.0 Å². The molecule has 2 aromatic heterocycles. The molecule has 0 saturated carbocycles. The van der Waals surface area contributed by atoms with Crippen molar-refractivity contribution in [2.24, 2.45) is 0 Å². The number of hydrogen-bond acceptors (Lipinski definition) is 6. The fraction of sp³-hybridized carbons (Fsp3) is 0.0417. The topological polar surface area (TPSA) is 81.1 Å². The molecule has 5 rings (SSSR count). The maximum absolute atomic E-state index is 6.10. The van der Waals surface area contributed by atoms with Crippen molar-refractivity contribution in [2.45, 2.75) is 6.92 Å². The average molecular weight is 393 g/mol. The van der Waals surface area contributed by atoms with E-state index in [0.717, 1.165) is 27.9 Å². The van der Waals surface area contributed by atoms with Gasteiger partial charge < -0.3 is 10.2 Å². The molecule has 30 heavy (non-hydrogen) atoms. The van der Waals surface area contributed by atoms with Crippen molar-refractivity contribution in [3.8, 4) is 11.6 Å². The zero-order valence-electron chi connectivity index (χ0n) is 16.4. The maximum atomic E-state index is 6.10. The Labute approximate surface area is 173 Å². The van der Waals surface area contributed by atoms with Crippen molar-refractivity contribution in [2.75, 3.05) is 10.6 Å². The minimum absolute atomic E-state index is 0.131. The molecule has 6 heteroatoms. The molecule has 0 fully saturated rings. The second-order valence-electron chi connectivity index (χ2n) is 6.88. The number of furan rings is 1. The Bertz CT molecular complexity index is 1280. The third-order valence-electron chi connectivity index (χ3n) is 4.92. The Morgan fingerprint density at radius 3 is 1.97 bits per heavy atom. The third kappa shape index (κ3) is 3.14. The Hall–Kier alpha value is -4.19. The number of fused-ring (bicyclic) bond motifs is 1. The first-order chi connectivity index (χ1) is 14.7. The van der Waals surface area contributed by atoms with Gasteiger partial charge in [-0.1, -0.05) is 54.6 Å². The van der Waals surface area contributed by atoms with Crippen molar-refractivity contribution in [1.29, 1.82) is 0 Å². The summed E-state index contributed by atoms with van der Waals surface area (Å²) in [7, 11) is 0. The number of benzene rings is 3. The Kier molecular flexibility index (Phi) is 4.37. The smallest absolute Gasteiger partial charge is 0.240 e. The van der Waals surface area contributed by atoms with Gasteiger partial charge in [-0.25, -0.2) is 0 Å². The largest absolute Gasteiger partial charge is 0.452 e. The summed E-state index contributed by atoms with van der Waals surface area (Å²) in [6.45, 7) is 1.99. The van der Waals surface area contributed by atoms with E-state index in [9.17, 15) is 0 Å². The number of nitrogens with zero attached hydrogens (tertiary/aromatic N) is 4. The lowest BCUT2D eigenvalue weighted by Gasteiger charge is -2.23. The number of anilines is 4. The fourth-order valence-corrected chi connectivity index (χ4v) is 3.50. The van der Waals surface area contributed by atoms with Crippen molar-refractivity contribution in [3.63, 3.8) is 0 Å². The summed E-state index contributed by atoms with van der Waals surface area (Å²) >= 11 is 0. The van der Waals surface area contributed by atoms with Gasteiger partial charge in [-0.05, 0) is 37.3 Å². The zero-order valence-corrected chi connectivity index (χ0v) is 16.4. The number of nitrogens with two attached hydrogens (primary N) is 1. The molecule has 2 N–H and O–H groups in total. The highest BCUT2D eigenvalue weighted by Crippen LogP contribution is 2.35. The fourth-order valence-electron chi connectivity index (χ4n) is 3.50. The first kappa shape index (κ1) is 17.9. The molecule has 146 valence electrons. The molecule has 0 saturated heterocycles. The zero-order chi connectivity index (χ0) is 20.5. The van der Waals surface area contributed by atoms with Crippen LogP contribution in [-0.2, 0) is 0 Å². The van der Waals surface area contributed by atoms with Gasteiger partial charge in [0.15, 0.2) is 5.76 Å². The van der Waals surface area contributed by atoms with Crippen LogP contribution in [0.2, 0.25) is 0 Å². The van der Waals surface area contributed by atoms with Crippen LogP contribution in [0.15, 0.2) is 89.3 Å². The first-order valence-electron chi connectivity index (χ1n) is 9.61. The SMILES string of the molecule is Cc1c(-c2nc(N)nc(N(c3ccccc3)c3ccccc3)n2)oc2ccccc12. The normalized spacial score (nSPS) is 11.0. The highest BCUT2D eigenvalue weighted by atomic mass is 16.3. The standard InChI is InChI=1S/C24H19N5O/c1-16-19-14-8-9-15-20(19)30-21(16)22-26-23(25)28-24(27-22)29(17-10-4-2-5-11-17)18-12-6-3-7-13-18/h2-15H,1H3,(H2,25,26,27,28). The Morgan fingerprint density at radius 2 is 1.33 bits per heavy atom. The maximum Gasteiger partial charge on any atom is 0.240 e. The number of aryl methyl sites for hydroxylation is 1. The lowest BCUT2D eigenvalue weighted by molar-refractivity contribution is 0.622. The van der Waals surface area contributed by atoms with Crippen LogP contribution in [0.5, 0.6) is 0 Å². The predicted octanol–water partition coefficient (Wildman–Crippen LogP) is 5.65. The van der Waals surface area contributed by atoms with Crippen molar-refractivity contribution < 1.29 is 4.42 Å². The van der Waals surface area contributed by atoms with Crippen LogP contribution in [0.4, 0.5) is 23.3 Å². The summed E-state index contributed by atoms with van der Waals surface area (Å²) in [5.41, 5.74) is 9.69. The van der Waals surface area contributed by atoms with Gasteiger partial charge in [-0.3, -0.25) is 4.90 Å². The van der Waals surface area contributed by atoms with Crippen LogP contribution in [0.1, 0.15) is 5.56 Å². The molecule has 5 aromatic rings. The number of aromatic nitrogens is 3. The van der Waals surface area contributed by atoms with E-state index < -0.39 is 0 Å². The average Bonchev–Trinajstić information content (AvgIpc) is 3.12. The van der Waals surface area contributed by atoms with Gasteiger partial charge in [0.2, 0.25) is 17.7 Å². The minimum atomic E-state index is 0.131. The predicted molar refractivity (Wildman–Crippen MR) is 119 cm³/mol. The second-order valence-corrected chi connectivity index (χ2v) is 6.88. The molecule has 0 aliphatic rings. The number of para-hydroxylation sites is 3. The minimum Gasteiger partial charge on any atom is -0.452 e. The lowest BCUT2D eigenvalue weighted by Crippen LogP contribution is -2.15. The molecule has 0 amide bonds. The number of hydrogen-bond donors (Lipinski definition) is 1. The molecule has 3 aromatic carbocycles. The molecular weight excluding hydrogens is 374 g/mol. The summed E-state index contributed by atoms with van der Waals surface area (Å²) in [4.78, 5) is 15.5. The third-order valence-corrected chi connectivity index (χ3v) is 4.92. The number of nitrogen functional groups attached to an aromatic ring is 1. The van der Waals surface area contributed by atoms with Crippen LogP contribution in [0.25, 0.3) is 22.6 Å². The van der Waals surface area contributed by atoms with E-state index in [0.29, 0.717) is 17.5 Å². The molecule has 0 atom stereocenters. The first-order valence-corrected chi connectivity index (χ1v) is 9.61. The van der Waals surface area contributed by atoms with Crippen LogP contribution >= 0.6 is 0 Å². The quantitative estimate of drug-likeness (QED) is 0.425. The van der Waals surface area contributed by atoms with E-state index in [-0.39, 0.29) is 5.95 Å². The molecule has 2 heterocycles. The van der Waals surface area contributed by atoms with E-state index in [1.807, 2.05) is 96.8 Å². The summed E-state index contributed by atoms with van der Waals surface area (Å²) in [6.07, 6.45) is 0. The molecule has 0 spiro atoms. The molecule has 0 aliphatic carbocycles. The molecule has 0 bridgehead atoms. The Balaban J connectivity index is 1.70. The summed E-state index contributed by atoms with van der Waals surface area (Å²) in [6, 6.07) is 27.7. The van der Waals surface area contributed by atoms with E-state index in [4.69, 9.17) is 15.1 Å². The van der Waals surface area contributed by atoms with Gasteiger partial charge in [0, 0.05) is 22.3 Å². The van der Waals surface area contributed by atoms with Crippen LogP contribution in [0.3, 0.4) is 0 Å². The van der Waals surface area contributed by atoms with E-state index >= 15 is 0 Å². The molecular formula is C24H19N5O. The molecule has 0 radical (unpaired) electrons. The van der Waals surface area contributed by atoms with Gasteiger partial charge in [0.05, 0.1) is 0 Å². The summed E-state index contributed by atoms with van der Waals surface area (Å²) in [5, 5.41) is 1.02. The van der Waals surface area contributed by atoms with Gasteiger partial charge in [0.1, 0.15) is 5.58 Å². The van der Waals surface area contributed by atoms with Gasteiger partial charge in [0.25, 0.3) is 0 Å². The highest BCUT2D eigenvalue weighted by Gasteiger charge is 2.20. The van der Waals surface area contributed by atoms with E-state index in [1.165, 1.54) is 0 Å². The summed E-state index contributed by atoms with van der Waals surface area (Å²) in [5.74, 6) is 1.55. The van der Waals surface area contributed by atoms with Gasteiger partial charge >= 0.3 is 0 Å². The number of rotatable bonds is 4. The van der Waals surface area contributed by atoms with Crippen LogP contribution in [-0.4, -0.2) is 15.0 Å². The molecule has 0 unspecified atom stereocenters. The van der Waals surface area contributed by atoms with Gasteiger partial charge in [-0.15, -0.1) is 0 Å². The lowest BCUT2D eigenvalue weighted by atomic mass is 10.1. The molecule has 6 nitrogen and oxygen atoms in total. The molecule has 0 aliphatic heterocycles. The summed E-state index contributed by atoms with van der Waals surface area (Å²) < 4.78 is 6.06. The van der Waals surface area contributed by atoms with E-state index in [2.05, 4.69) is 9.97 Å².